The molecule has 182 valence electrons. The molecule has 0 radical (unpaired) electrons. The van der Waals surface area contributed by atoms with E-state index in [9.17, 15) is 13.5 Å². The van der Waals surface area contributed by atoms with Gasteiger partial charge in [0, 0.05) is 43.3 Å². The van der Waals surface area contributed by atoms with E-state index in [0.29, 0.717) is 42.0 Å². The van der Waals surface area contributed by atoms with Gasteiger partial charge in [-0.2, -0.15) is 37.4 Å². The third-order valence-corrected chi connectivity index (χ3v) is 8.67. The van der Waals surface area contributed by atoms with Crippen LogP contribution in [0.2, 0.25) is 0 Å². The highest BCUT2D eigenvalue weighted by Gasteiger charge is 2.51. The van der Waals surface area contributed by atoms with E-state index in [1.165, 1.54) is 11.4 Å². The summed E-state index contributed by atoms with van der Waals surface area (Å²) in [5.41, 5.74) is 0.570. The molecule has 34 heavy (non-hydrogen) atoms. The first-order valence-electron chi connectivity index (χ1n) is 11.2. The Kier molecular flexibility index (Phi) is 6.02. The van der Waals surface area contributed by atoms with E-state index in [1.54, 1.807) is 16.4 Å². The van der Waals surface area contributed by atoms with Crippen molar-refractivity contribution in [2.45, 2.75) is 50.4 Å². The van der Waals surface area contributed by atoms with Crippen molar-refractivity contribution < 1.29 is 18.3 Å². The van der Waals surface area contributed by atoms with Gasteiger partial charge in [0.25, 0.3) is 10.2 Å². The fourth-order valence-corrected chi connectivity index (χ4v) is 7.09. The smallest absolute Gasteiger partial charge is 0.282 e. The number of anilines is 3. The number of nitrogens with zero attached hydrogens (tertiary/aromatic N) is 6. The van der Waals surface area contributed by atoms with Gasteiger partial charge >= 0.3 is 0 Å². The van der Waals surface area contributed by atoms with Gasteiger partial charge in [0.1, 0.15) is 5.82 Å². The fraction of sp³-hybridized carbons (Fsp3) is 0.600. The van der Waals surface area contributed by atoms with Crippen LogP contribution < -0.4 is 15.4 Å². The second-order valence-electron chi connectivity index (χ2n) is 8.86. The number of rotatable bonds is 8. The highest BCUT2D eigenvalue weighted by molar-refractivity contribution is 7.86. The molecule has 1 unspecified atom stereocenters. The van der Waals surface area contributed by atoms with Crippen molar-refractivity contribution in [2.75, 3.05) is 30.8 Å². The topological polar surface area (TPSA) is 172 Å². The van der Waals surface area contributed by atoms with Gasteiger partial charge in [-0.3, -0.25) is 5.10 Å². The Labute approximate surface area is 197 Å². The van der Waals surface area contributed by atoms with Crippen LogP contribution in [0.25, 0.3) is 0 Å². The van der Waals surface area contributed by atoms with Gasteiger partial charge in [0.2, 0.25) is 11.8 Å². The maximum Gasteiger partial charge on any atom is 0.282 e. The molecule has 3 saturated heterocycles. The summed E-state index contributed by atoms with van der Waals surface area (Å²) < 4.78 is 34.6. The number of nitriles is 1. The molecule has 0 spiro atoms. The first-order chi connectivity index (χ1) is 16.4. The molecule has 14 heteroatoms. The summed E-state index contributed by atoms with van der Waals surface area (Å²) in [7, 11) is -2.04. The van der Waals surface area contributed by atoms with Crippen molar-refractivity contribution >= 4 is 27.8 Å². The molecular formula is C20H27N9O4S. The van der Waals surface area contributed by atoms with Crippen molar-refractivity contribution in [3.63, 3.8) is 0 Å². The molecule has 2 bridgehead atoms. The van der Waals surface area contributed by atoms with E-state index in [2.05, 4.69) is 36.9 Å². The summed E-state index contributed by atoms with van der Waals surface area (Å²) in [5.74, 6) is 1.50. The molecular weight excluding hydrogens is 462 g/mol. The van der Waals surface area contributed by atoms with Gasteiger partial charge in [-0.15, -0.1) is 0 Å². The number of aliphatic hydroxyl groups is 1. The van der Waals surface area contributed by atoms with Gasteiger partial charge in [-0.05, 0) is 25.7 Å². The molecule has 3 atom stereocenters. The first kappa shape index (κ1) is 22.8. The largest absolute Gasteiger partial charge is 0.481 e. The average molecular weight is 490 g/mol. The van der Waals surface area contributed by atoms with Crippen LogP contribution in [-0.2, 0) is 16.8 Å². The molecule has 3 aliphatic heterocycles. The third-order valence-electron chi connectivity index (χ3n) is 6.59. The second kappa shape index (κ2) is 8.99. The van der Waals surface area contributed by atoms with E-state index in [-0.39, 0.29) is 43.7 Å². The Morgan fingerprint density at radius 2 is 1.97 bits per heavy atom. The zero-order valence-corrected chi connectivity index (χ0v) is 19.5. The first-order valence-corrected chi connectivity index (χ1v) is 12.6. The van der Waals surface area contributed by atoms with Crippen LogP contribution in [0.5, 0.6) is 5.88 Å². The summed E-state index contributed by atoms with van der Waals surface area (Å²) in [6, 6.07) is 5.27. The summed E-state index contributed by atoms with van der Waals surface area (Å²) in [4.78, 5) is 8.90. The van der Waals surface area contributed by atoms with E-state index in [0.717, 1.165) is 12.8 Å². The summed E-state index contributed by atoms with van der Waals surface area (Å²) in [6.45, 7) is 0.404. The van der Waals surface area contributed by atoms with Crippen molar-refractivity contribution in [3.05, 3.63) is 17.8 Å². The predicted octanol–water partition coefficient (Wildman–Crippen LogP) is 0.552. The number of nitrogens with one attached hydrogen (secondary N) is 3. The number of ether oxygens (including phenoxy) is 1. The molecule has 3 fully saturated rings. The van der Waals surface area contributed by atoms with Crippen LogP contribution >= 0.6 is 0 Å². The molecule has 0 saturated carbocycles. The number of aromatic nitrogens is 4. The van der Waals surface area contributed by atoms with Crippen molar-refractivity contribution in [1.82, 2.24) is 28.8 Å². The SMILES string of the molecule is COc1cc(Nc2cc(CO)[nH]n2)nc(NC2C[C@H]3CC[C@@H](C2)N3S(=O)(=O)N2CC(C#N)C2)n1. The van der Waals surface area contributed by atoms with Gasteiger partial charge < -0.3 is 20.5 Å². The van der Waals surface area contributed by atoms with E-state index < -0.39 is 10.2 Å². The van der Waals surface area contributed by atoms with Crippen LogP contribution in [0.1, 0.15) is 31.4 Å². The molecule has 0 aliphatic carbocycles. The predicted molar refractivity (Wildman–Crippen MR) is 121 cm³/mol. The van der Waals surface area contributed by atoms with Crippen LogP contribution in [0, 0.1) is 17.2 Å². The number of piperidine rings is 1. The lowest BCUT2D eigenvalue weighted by molar-refractivity contribution is 0.182. The van der Waals surface area contributed by atoms with E-state index in [4.69, 9.17) is 10.00 Å². The standard InChI is InChI=1S/C20H27N9O4S/c1-33-19-7-17(23-18-6-14(11-30)26-27-18)24-20(25-19)22-13-4-15-2-3-16(5-13)29(15)34(31,32)28-9-12(8-21)10-28/h6-7,12-13,15-16,30H,2-5,9-11H2,1H3,(H3,22,23,24,25,26,27)/t13?,15-,16+. The van der Waals surface area contributed by atoms with Crippen LogP contribution in [0.3, 0.4) is 0 Å². The number of aromatic amines is 1. The summed E-state index contributed by atoms with van der Waals surface area (Å²) in [6.07, 6.45) is 2.92. The van der Waals surface area contributed by atoms with Crippen molar-refractivity contribution in [1.29, 1.82) is 5.26 Å². The molecule has 13 nitrogen and oxygen atoms in total. The Morgan fingerprint density at radius 3 is 2.59 bits per heavy atom. The highest BCUT2D eigenvalue weighted by Crippen LogP contribution is 2.40. The molecule has 3 aliphatic rings. The van der Waals surface area contributed by atoms with Crippen LogP contribution in [0.4, 0.5) is 17.6 Å². The Bertz CT molecular complexity index is 1180. The molecule has 4 N–H and O–H groups in total. The second-order valence-corrected chi connectivity index (χ2v) is 10.7. The number of hydrogen-bond donors (Lipinski definition) is 4. The van der Waals surface area contributed by atoms with E-state index >= 15 is 0 Å². The van der Waals surface area contributed by atoms with Crippen molar-refractivity contribution in [3.8, 4) is 11.9 Å². The van der Waals surface area contributed by atoms with Crippen LogP contribution in [0.15, 0.2) is 12.1 Å². The minimum absolute atomic E-state index is 0.0125. The number of fused-ring (bicyclic) bond motifs is 2. The summed E-state index contributed by atoms with van der Waals surface area (Å²) in [5, 5.41) is 31.4. The molecule has 0 amide bonds. The molecule has 2 aromatic rings. The lowest BCUT2D eigenvalue weighted by Crippen LogP contribution is -2.59. The van der Waals surface area contributed by atoms with Gasteiger partial charge in [-0.1, -0.05) is 0 Å². The Hall–Kier alpha value is -2.99. The third kappa shape index (κ3) is 4.27. The minimum Gasteiger partial charge on any atom is -0.481 e. The van der Waals surface area contributed by atoms with Crippen LogP contribution in [-0.4, -0.2) is 80.6 Å². The quantitative estimate of drug-likeness (QED) is 0.410. The molecule has 0 aromatic carbocycles. The zero-order chi connectivity index (χ0) is 23.9. The summed E-state index contributed by atoms with van der Waals surface area (Å²) >= 11 is 0. The Balaban J connectivity index is 1.27. The highest BCUT2D eigenvalue weighted by atomic mass is 32.2. The fourth-order valence-electron chi connectivity index (χ4n) is 4.95. The molecule has 2 aromatic heterocycles. The minimum atomic E-state index is -3.55. The van der Waals surface area contributed by atoms with E-state index in [1.807, 2.05) is 0 Å². The maximum atomic E-state index is 13.1. The number of methoxy groups -OCH3 is 1. The normalized spacial score (nSPS) is 25.5. The number of aliphatic hydroxyl groups excluding tert-OH is 1. The monoisotopic (exact) mass is 489 g/mol. The maximum absolute atomic E-state index is 13.1. The molecule has 5 heterocycles. The lowest BCUT2D eigenvalue weighted by atomic mass is 10.00. The number of H-pyrrole nitrogens is 1. The molecule has 5 rings (SSSR count). The number of hydrogen-bond acceptors (Lipinski definition) is 10. The van der Waals surface area contributed by atoms with Gasteiger partial charge in [-0.25, -0.2) is 0 Å². The Morgan fingerprint density at radius 1 is 1.24 bits per heavy atom. The van der Waals surface area contributed by atoms with Crippen molar-refractivity contribution in [2.24, 2.45) is 5.92 Å². The van der Waals surface area contributed by atoms with Gasteiger partial charge in [0.15, 0.2) is 5.82 Å². The van der Waals surface area contributed by atoms with Gasteiger partial charge in [0.05, 0.1) is 31.4 Å². The average Bonchev–Trinajstić information content (AvgIpc) is 3.35. The lowest BCUT2D eigenvalue weighted by Gasteiger charge is -2.43. The zero-order valence-electron chi connectivity index (χ0n) is 18.7.